The second-order valence-corrected chi connectivity index (χ2v) is 6.66. The zero-order valence-corrected chi connectivity index (χ0v) is 16.6. The van der Waals surface area contributed by atoms with Crippen LogP contribution in [-0.2, 0) is 4.79 Å². The predicted molar refractivity (Wildman–Crippen MR) is 109 cm³/mol. The topological polar surface area (TPSA) is 42.0 Å². The van der Waals surface area contributed by atoms with Gasteiger partial charge >= 0.3 is 6.36 Å². The number of alkyl halides is 3. The summed E-state index contributed by atoms with van der Waals surface area (Å²) in [6.45, 7) is 5.05. The summed E-state index contributed by atoms with van der Waals surface area (Å²) in [6, 6.07) is 13.2. The summed E-state index contributed by atoms with van der Waals surface area (Å²) < 4.78 is 46.1. The van der Waals surface area contributed by atoms with E-state index in [1.54, 1.807) is 11.0 Å². The summed E-state index contributed by atoms with van der Waals surface area (Å²) in [5.41, 5.74) is 1.63. The van der Waals surface area contributed by atoms with E-state index in [0.29, 0.717) is 38.3 Å². The van der Waals surface area contributed by atoms with Crippen molar-refractivity contribution in [1.29, 1.82) is 0 Å². The second-order valence-electron chi connectivity index (χ2n) is 6.66. The molecule has 0 unspecified atom stereocenters. The van der Waals surface area contributed by atoms with Gasteiger partial charge in [-0.2, -0.15) is 0 Å². The Kier molecular flexibility index (Phi) is 6.87. The van der Waals surface area contributed by atoms with E-state index in [4.69, 9.17) is 4.74 Å². The maximum Gasteiger partial charge on any atom is 0.573 e. The Morgan fingerprint density at radius 3 is 2.33 bits per heavy atom. The van der Waals surface area contributed by atoms with E-state index in [1.165, 1.54) is 30.3 Å². The van der Waals surface area contributed by atoms with Crippen LogP contribution in [-0.4, -0.2) is 50.0 Å². The first-order valence-corrected chi connectivity index (χ1v) is 9.65. The van der Waals surface area contributed by atoms with Crippen LogP contribution in [0.4, 0.5) is 18.9 Å². The van der Waals surface area contributed by atoms with Crippen molar-refractivity contribution >= 4 is 17.7 Å². The van der Waals surface area contributed by atoms with Crippen LogP contribution in [0, 0.1) is 0 Å². The highest BCUT2D eigenvalue weighted by Gasteiger charge is 2.30. The van der Waals surface area contributed by atoms with Gasteiger partial charge in [0, 0.05) is 32.3 Å². The number of carbonyl (C=O) groups is 1. The van der Waals surface area contributed by atoms with Crippen molar-refractivity contribution in [2.24, 2.45) is 0 Å². The summed E-state index contributed by atoms with van der Waals surface area (Å²) in [5.74, 6) is 0.399. The third kappa shape index (κ3) is 5.92. The van der Waals surface area contributed by atoms with Crippen molar-refractivity contribution < 1.29 is 27.4 Å². The van der Waals surface area contributed by atoms with Crippen LogP contribution in [0.2, 0.25) is 0 Å². The van der Waals surface area contributed by atoms with Crippen LogP contribution in [0.3, 0.4) is 0 Å². The molecule has 1 aliphatic heterocycles. The van der Waals surface area contributed by atoms with Gasteiger partial charge in [0.15, 0.2) is 0 Å². The number of amides is 1. The van der Waals surface area contributed by atoms with Crippen LogP contribution in [0.1, 0.15) is 12.5 Å². The largest absolute Gasteiger partial charge is 0.573 e. The Morgan fingerprint density at radius 2 is 1.70 bits per heavy atom. The third-order valence-corrected chi connectivity index (χ3v) is 4.63. The monoisotopic (exact) mass is 420 g/mol. The average molecular weight is 420 g/mol. The van der Waals surface area contributed by atoms with Gasteiger partial charge in [0.05, 0.1) is 12.3 Å². The Balaban J connectivity index is 1.54. The minimum atomic E-state index is -4.72. The lowest BCUT2D eigenvalue weighted by Crippen LogP contribution is -2.48. The van der Waals surface area contributed by atoms with Gasteiger partial charge in [-0.25, -0.2) is 0 Å². The highest BCUT2D eigenvalue weighted by Crippen LogP contribution is 2.29. The first-order chi connectivity index (χ1) is 14.4. The predicted octanol–water partition coefficient (Wildman–Crippen LogP) is 4.35. The quantitative estimate of drug-likeness (QED) is 0.652. The van der Waals surface area contributed by atoms with Crippen molar-refractivity contribution in [3.8, 4) is 11.5 Å². The molecule has 2 aromatic rings. The van der Waals surface area contributed by atoms with E-state index >= 15 is 0 Å². The lowest BCUT2D eigenvalue weighted by atomic mass is 10.2. The van der Waals surface area contributed by atoms with E-state index in [2.05, 4.69) is 9.64 Å². The van der Waals surface area contributed by atoms with Crippen molar-refractivity contribution in [3.63, 3.8) is 0 Å². The van der Waals surface area contributed by atoms with Crippen LogP contribution < -0.4 is 14.4 Å². The van der Waals surface area contributed by atoms with E-state index in [-0.39, 0.29) is 11.7 Å². The number of anilines is 1. The second kappa shape index (κ2) is 9.56. The Morgan fingerprint density at radius 1 is 1.03 bits per heavy atom. The molecule has 1 amide bonds. The number of hydrogen-bond acceptors (Lipinski definition) is 4. The van der Waals surface area contributed by atoms with Crippen LogP contribution in [0.5, 0.6) is 11.5 Å². The fourth-order valence-corrected chi connectivity index (χ4v) is 3.22. The van der Waals surface area contributed by atoms with Crippen LogP contribution in [0.25, 0.3) is 6.08 Å². The first kappa shape index (κ1) is 21.5. The zero-order valence-electron chi connectivity index (χ0n) is 16.6. The van der Waals surface area contributed by atoms with E-state index in [0.717, 1.165) is 11.4 Å². The molecule has 1 saturated heterocycles. The molecule has 0 spiro atoms. The highest BCUT2D eigenvalue weighted by atomic mass is 19.4. The minimum absolute atomic E-state index is 0.136. The molecular formula is C22H23F3N2O3. The standard InChI is InChI=1S/C22H23F3N2O3/c1-2-29-20-6-4-3-5-19(20)26-13-15-27(16-14-26)21(28)12-9-17-7-10-18(11-8-17)30-22(23,24)25/h3-12H,2,13-16H2,1H3/b12-9+. The van der Waals surface area contributed by atoms with Gasteiger partial charge in [0.1, 0.15) is 11.5 Å². The van der Waals surface area contributed by atoms with E-state index in [9.17, 15) is 18.0 Å². The number of para-hydroxylation sites is 2. The molecule has 8 heteroatoms. The smallest absolute Gasteiger partial charge is 0.492 e. The molecule has 0 radical (unpaired) electrons. The summed E-state index contributed by atoms with van der Waals surface area (Å²) in [5, 5.41) is 0. The molecule has 0 atom stereocenters. The van der Waals surface area contributed by atoms with Gasteiger partial charge in [0.2, 0.25) is 5.91 Å². The minimum Gasteiger partial charge on any atom is -0.492 e. The van der Waals surface area contributed by atoms with E-state index in [1.807, 2.05) is 31.2 Å². The number of ether oxygens (including phenoxy) is 2. The molecular weight excluding hydrogens is 397 g/mol. The number of rotatable bonds is 6. The summed E-state index contributed by atoms with van der Waals surface area (Å²) in [4.78, 5) is 16.4. The normalized spacial score (nSPS) is 14.8. The third-order valence-electron chi connectivity index (χ3n) is 4.63. The molecule has 3 rings (SSSR count). The lowest BCUT2D eigenvalue weighted by molar-refractivity contribution is -0.274. The van der Waals surface area contributed by atoms with Crippen molar-refractivity contribution in [2.75, 3.05) is 37.7 Å². The van der Waals surface area contributed by atoms with Crippen molar-refractivity contribution in [3.05, 3.63) is 60.2 Å². The highest BCUT2D eigenvalue weighted by molar-refractivity contribution is 5.92. The summed E-state index contributed by atoms with van der Waals surface area (Å²) in [7, 11) is 0. The molecule has 1 heterocycles. The molecule has 0 aromatic heterocycles. The molecule has 0 aliphatic carbocycles. The van der Waals surface area contributed by atoms with Crippen molar-refractivity contribution in [2.45, 2.75) is 13.3 Å². The molecule has 5 nitrogen and oxygen atoms in total. The fourth-order valence-electron chi connectivity index (χ4n) is 3.22. The molecule has 2 aromatic carbocycles. The van der Waals surface area contributed by atoms with E-state index < -0.39 is 6.36 Å². The van der Waals surface area contributed by atoms with Gasteiger partial charge in [-0.05, 0) is 42.8 Å². The molecule has 30 heavy (non-hydrogen) atoms. The molecule has 0 bridgehead atoms. The lowest BCUT2D eigenvalue weighted by Gasteiger charge is -2.36. The Hall–Kier alpha value is -3.16. The Labute approximate surface area is 173 Å². The van der Waals surface area contributed by atoms with Gasteiger partial charge in [-0.3, -0.25) is 4.79 Å². The van der Waals surface area contributed by atoms with Gasteiger partial charge in [-0.15, -0.1) is 13.2 Å². The molecule has 0 N–H and O–H groups in total. The fraction of sp³-hybridized carbons (Fsp3) is 0.318. The zero-order chi connectivity index (χ0) is 21.6. The number of benzene rings is 2. The number of carbonyl (C=O) groups excluding carboxylic acids is 1. The summed E-state index contributed by atoms with van der Waals surface area (Å²) >= 11 is 0. The van der Waals surface area contributed by atoms with Gasteiger partial charge in [0.25, 0.3) is 0 Å². The maximum absolute atomic E-state index is 12.5. The van der Waals surface area contributed by atoms with Gasteiger partial charge in [-0.1, -0.05) is 24.3 Å². The molecule has 1 aliphatic rings. The number of piperazine rings is 1. The molecule has 0 saturated carbocycles. The Bertz CT molecular complexity index is 874. The maximum atomic E-state index is 12.5. The molecule has 160 valence electrons. The van der Waals surface area contributed by atoms with Gasteiger partial charge < -0.3 is 19.3 Å². The van der Waals surface area contributed by atoms with Crippen LogP contribution >= 0.6 is 0 Å². The molecule has 1 fully saturated rings. The number of halogens is 3. The van der Waals surface area contributed by atoms with Crippen LogP contribution in [0.15, 0.2) is 54.6 Å². The average Bonchev–Trinajstić information content (AvgIpc) is 2.73. The number of nitrogens with zero attached hydrogens (tertiary/aromatic N) is 2. The van der Waals surface area contributed by atoms with Crippen molar-refractivity contribution in [1.82, 2.24) is 4.90 Å². The first-order valence-electron chi connectivity index (χ1n) is 9.65. The SMILES string of the molecule is CCOc1ccccc1N1CCN(C(=O)/C=C/c2ccc(OC(F)(F)F)cc2)CC1. The summed E-state index contributed by atoms with van der Waals surface area (Å²) in [6.07, 6.45) is -1.71. The number of hydrogen-bond donors (Lipinski definition) is 0.